The highest BCUT2D eigenvalue weighted by Gasteiger charge is 2.29. The first kappa shape index (κ1) is 21.5. The van der Waals surface area contributed by atoms with E-state index in [0.29, 0.717) is 36.4 Å². The number of nitrogens with one attached hydrogen (secondary N) is 1. The molecule has 1 heterocycles. The quantitative estimate of drug-likeness (QED) is 0.587. The first-order valence-electron chi connectivity index (χ1n) is 10.4. The summed E-state index contributed by atoms with van der Waals surface area (Å²) in [5, 5.41) is 2.89. The van der Waals surface area contributed by atoms with E-state index in [1.54, 1.807) is 41.3 Å². The maximum absolute atomic E-state index is 14.1. The lowest BCUT2D eigenvalue weighted by Gasteiger charge is -2.36. The normalized spacial score (nSPS) is 13.9. The molecule has 4 rings (SSSR count). The van der Waals surface area contributed by atoms with Gasteiger partial charge >= 0.3 is 6.03 Å². The molecule has 0 aliphatic carbocycles. The molecule has 0 atom stereocenters. The smallest absolute Gasteiger partial charge is 0.320 e. The van der Waals surface area contributed by atoms with E-state index in [1.165, 1.54) is 4.90 Å². The molecule has 1 aliphatic heterocycles. The number of hydrogen-bond donors (Lipinski definition) is 1. The van der Waals surface area contributed by atoms with Crippen LogP contribution in [0.5, 0.6) is 0 Å². The molecular formula is C25H23F2N3O2. The molecule has 1 aliphatic rings. The predicted molar refractivity (Wildman–Crippen MR) is 120 cm³/mol. The Morgan fingerprint density at radius 1 is 1.00 bits per heavy atom. The molecule has 1 saturated heterocycles. The van der Waals surface area contributed by atoms with Crippen LogP contribution in [0.2, 0.25) is 0 Å². The fraction of sp³-hybridized carbons (Fsp3) is 0.200. The number of urea groups is 1. The van der Waals surface area contributed by atoms with Crippen molar-refractivity contribution < 1.29 is 18.4 Å². The molecule has 0 spiro atoms. The number of hydrogen-bond acceptors (Lipinski definition) is 2. The average Bonchev–Trinajstić information content (AvgIpc) is 2.78. The lowest BCUT2D eigenvalue weighted by molar-refractivity contribution is 0.102. The Kier molecular flexibility index (Phi) is 6.16. The fourth-order valence-electron chi connectivity index (χ4n) is 3.82. The van der Waals surface area contributed by atoms with Gasteiger partial charge in [-0.1, -0.05) is 29.8 Å². The predicted octanol–water partition coefficient (Wildman–Crippen LogP) is 5.36. The van der Waals surface area contributed by atoms with E-state index < -0.39 is 11.6 Å². The van der Waals surface area contributed by atoms with Crippen molar-refractivity contribution in [3.8, 4) is 0 Å². The number of carbonyl (C=O) groups is 2. The van der Waals surface area contributed by atoms with Crippen molar-refractivity contribution in [2.24, 2.45) is 0 Å². The standard InChI is InChI=1S/C25H23F2N3O2/c1-17-6-4-7-18(14-17)24(31)28-22-8-2-3-9-23(22)30-13-5-12-29(25(30)32)16-19-15-20(26)10-11-21(19)27/h2-4,6-11,14-15H,5,12-13,16H2,1H3,(H,28,31). The van der Waals surface area contributed by atoms with E-state index >= 15 is 0 Å². The van der Waals surface area contributed by atoms with Crippen molar-refractivity contribution >= 4 is 23.3 Å². The largest absolute Gasteiger partial charge is 0.324 e. The van der Waals surface area contributed by atoms with E-state index in [1.807, 2.05) is 19.1 Å². The van der Waals surface area contributed by atoms with Crippen molar-refractivity contribution in [1.82, 2.24) is 4.90 Å². The van der Waals surface area contributed by atoms with Crippen LogP contribution in [0.15, 0.2) is 66.7 Å². The van der Waals surface area contributed by atoms with Gasteiger partial charge in [0.25, 0.3) is 5.91 Å². The number of para-hydroxylation sites is 2. The SMILES string of the molecule is Cc1cccc(C(=O)Nc2ccccc2N2CCCN(Cc3cc(F)ccc3F)C2=O)c1. The van der Waals surface area contributed by atoms with Gasteiger partial charge in [0.1, 0.15) is 11.6 Å². The topological polar surface area (TPSA) is 52.7 Å². The van der Waals surface area contributed by atoms with E-state index in [2.05, 4.69) is 5.32 Å². The van der Waals surface area contributed by atoms with Crippen LogP contribution >= 0.6 is 0 Å². The Hall–Kier alpha value is -3.74. The van der Waals surface area contributed by atoms with Crippen LogP contribution in [-0.4, -0.2) is 29.9 Å². The molecule has 5 nitrogen and oxygen atoms in total. The maximum atomic E-state index is 14.1. The van der Waals surface area contributed by atoms with Gasteiger partial charge in [0.05, 0.1) is 17.9 Å². The minimum Gasteiger partial charge on any atom is -0.320 e. The summed E-state index contributed by atoms with van der Waals surface area (Å²) in [6.45, 7) is 2.77. The van der Waals surface area contributed by atoms with Gasteiger partial charge in [-0.15, -0.1) is 0 Å². The second-order valence-corrected chi connectivity index (χ2v) is 7.79. The zero-order valence-electron chi connectivity index (χ0n) is 17.6. The molecule has 0 bridgehead atoms. The Bertz CT molecular complexity index is 1170. The van der Waals surface area contributed by atoms with E-state index in [4.69, 9.17) is 0 Å². The van der Waals surface area contributed by atoms with E-state index in [-0.39, 0.29) is 24.0 Å². The number of amides is 3. The second kappa shape index (κ2) is 9.18. The summed E-state index contributed by atoms with van der Waals surface area (Å²) < 4.78 is 27.7. The maximum Gasteiger partial charge on any atom is 0.324 e. The van der Waals surface area contributed by atoms with Crippen molar-refractivity contribution in [1.29, 1.82) is 0 Å². The third kappa shape index (κ3) is 4.61. The van der Waals surface area contributed by atoms with Gasteiger partial charge in [0.2, 0.25) is 0 Å². The summed E-state index contributed by atoms with van der Waals surface area (Å²) in [6.07, 6.45) is 0.656. The Morgan fingerprint density at radius 3 is 2.62 bits per heavy atom. The van der Waals surface area contributed by atoms with Gasteiger partial charge in [-0.05, 0) is 55.8 Å². The minimum absolute atomic E-state index is 0.0310. The summed E-state index contributed by atoms with van der Waals surface area (Å²) in [5.74, 6) is -1.38. The van der Waals surface area contributed by atoms with Crippen LogP contribution in [0, 0.1) is 18.6 Å². The molecule has 0 saturated carbocycles. The Morgan fingerprint density at radius 2 is 1.81 bits per heavy atom. The molecule has 3 aromatic carbocycles. The molecule has 7 heteroatoms. The summed E-state index contributed by atoms with van der Waals surface area (Å²) in [4.78, 5) is 29.0. The van der Waals surface area contributed by atoms with Crippen LogP contribution in [-0.2, 0) is 6.54 Å². The number of aryl methyl sites for hydroxylation is 1. The molecule has 0 aromatic heterocycles. The molecule has 1 N–H and O–H groups in total. The number of nitrogens with zero attached hydrogens (tertiary/aromatic N) is 2. The molecule has 0 radical (unpaired) electrons. The van der Waals surface area contributed by atoms with Crippen molar-refractivity contribution in [2.75, 3.05) is 23.3 Å². The van der Waals surface area contributed by atoms with Gasteiger partial charge < -0.3 is 10.2 Å². The van der Waals surface area contributed by atoms with Gasteiger partial charge in [0.15, 0.2) is 0 Å². The summed E-state index contributed by atoms with van der Waals surface area (Å²) in [5.41, 5.74) is 2.68. The van der Waals surface area contributed by atoms with Gasteiger partial charge in [-0.25, -0.2) is 13.6 Å². The molecular weight excluding hydrogens is 412 g/mol. The van der Waals surface area contributed by atoms with Crippen LogP contribution in [0.25, 0.3) is 0 Å². The number of halogens is 2. The van der Waals surface area contributed by atoms with Crippen molar-refractivity contribution in [3.05, 3.63) is 95.1 Å². The highest BCUT2D eigenvalue weighted by atomic mass is 19.1. The number of rotatable bonds is 5. The van der Waals surface area contributed by atoms with Crippen LogP contribution in [0.1, 0.15) is 27.9 Å². The fourth-order valence-corrected chi connectivity index (χ4v) is 3.82. The summed E-state index contributed by atoms with van der Waals surface area (Å²) in [6, 6.07) is 17.2. The minimum atomic E-state index is -0.554. The highest BCUT2D eigenvalue weighted by molar-refractivity contribution is 6.07. The molecule has 32 heavy (non-hydrogen) atoms. The Balaban J connectivity index is 1.56. The molecule has 0 unspecified atom stereocenters. The van der Waals surface area contributed by atoms with Crippen molar-refractivity contribution in [3.63, 3.8) is 0 Å². The van der Waals surface area contributed by atoms with Crippen LogP contribution in [0.3, 0.4) is 0 Å². The van der Waals surface area contributed by atoms with Gasteiger partial charge in [-0.2, -0.15) is 0 Å². The highest BCUT2D eigenvalue weighted by Crippen LogP contribution is 2.30. The summed E-state index contributed by atoms with van der Waals surface area (Å²) >= 11 is 0. The lowest BCUT2D eigenvalue weighted by Crippen LogP contribution is -2.49. The van der Waals surface area contributed by atoms with Crippen LogP contribution < -0.4 is 10.2 Å². The molecule has 1 fully saturated rings. The third-order valence-electron chi connectivity index (χ3n) is 5.40. The summed E-state index contributed by atoms with van der Waals surface area (Å²) in [7, 11) is 0. The van der Waals surface area contributed by atoms with E-state index in [9.17, 15) is 18.4 Å². The zero-order valence-corrected chi connectivity index (χ0v) is 17.6. The van der Waals surface area contributed by atoms with Crippen LogP contribution in [0.4, 0.5) is 25.0 Å². The Labute approximate surface area is 185 Å². The second-order valence-electron chi connectivity index (χ2n) is 7.79. The molecule has 3 aromatic rings. The number of anilines is 2. The van der Waals surface area contributed by atoms with Gasteiger partial charge in [-0.3, -0.25) is 9.69 Å². The molecule has 3 amide bonds. The first-order valence-corrected chi connectivity index (χ1v) is 10.4. The van der Waals surface area contributed by atoms with E-state index in [0.717, 1.165) is 23.8 Å². The van der Waals surface area contributed by atoms with Gasteiger partial charge in [0, 0.05) is 24.2 Å². The lowest BCUT2D eigenvalue weighted by atomic mass is 10.1. The zero-order chi connectivity index (χ0) is 22.7. The third-order valence-corrected chi connectivity index (χ3v) is 5.40. The number of carbonyl (C=O) groups excluding carboxylic acids is 2. The first-order chi connectivity index (χ1) is 15.4. The monoisotopic (exact) mass is 435 g/mol. The molecule has 164 valence electrons. The average molecular weight is 435 g/mol. The van der Waals surface area contributed by atoms with Crippen molar-refractivity contribution in [2.45, 2.75) is 19.9 Å². The number of benzene rings is 3.